The van der Waals surface area contributed by atoms with Gasteiger partial charge in [-0.2, -0.15) is 0 Å². The summed E-state index contributed by atoms with van der Waals surface area (Å²) in [5, 5.41) is 0.776. The monoisotopic (exact) mass is 268 g/mol. The molecule has 0 aromatic heterocycles. The van der Waals surface area contributed by atoms with Crippen LogP contribution in [0.1, 0.15) is 43.7 Å². The molecule has 2 atom stereocenters. The van der Waals surface area contributed by atoms with Gasteiger partial charge in [0.05, 0.1) is 6.10 Å². The van der Waals surface area contributed by atoms with Crippen LogP contribution in [-0.2, 0) is 4.74 Å². The average Bonchev–Trinajstić information content (AvgIpc) is 2.89. The van der Waals surface area contributed by atoms with E-state index in [0.717, 1.165) is 36.5 Å². The molecule has 2 unspecified atom stereocenters. The molecule has 1 fully saturated rings. The maximum Gasteiger partial charge on any atom is 0.0576 e. The second-order valence-electron chi connectivity index (χ2n) is 4.81. The zero-order valence-corrected chi connectivity index (χ0v) is 11.3. The summed E-state index contributed by atoms with van der Waals surface area (Å²) < 4.78 is 5.62. The zero-order chi connectivity index (χ0) is 12.8. The van der Waals surface area contributed by atoms with E-state index in [0.29, 0.717) is 6.10 Å². The van der Waals surface area contributed by atoms with E-state index in [4.69, 9.17) is 22.2 Å². The van der Waals surface area contributed by atoms with Crippen molar-refractivity contribution in [3.05, 3.63) is 34.9 Å². The Morgan fingerprint density at radius 1 is 1.44 bits per heavy atom. The minimum absolute atomic E-state index is 0.125. The number of nitrogens with two attached hydrogens (primary N) is 1. The van der Waals surface area contributed by atoms with Crippen molar-refractivity contribution >= 4 is 11.6 Å². The molecule has 0 saturated carbocycles. The Balaban J connectivity index is 1.83. The first-order chi connectivity index (χ1) is 8.81. The fourth-order valence-corrected chi connectivity index (χ4v) is 2.78. The molecule has 0 bridgehead atoms. The second kappa shape index (κ2) is 7.10. The Hall–Kier alpha value is -0.610. The van der Waals surface area contributed by atoms with Gasteiger partial charge >= 0.3 is 0 Å². The van der Waals surface area contributed by atoms with Crippen LogP contribution in [0, 0.1) is 0 Å². The molecular formula is C14H21ClN2O. The summed E-state index contributed by atoms with van der Waals surface area (Å²) in [6.45, 7) is 0.924. The van der Waals surface area contributed by atoms with E-state index in [1.165, 1.54) is 12.8 Å². The van der Waals surface area contributed by atoms with Crippen LogP contribution in [0.3, 0.4) is 0 Å². The normalized spacial score (nSPS) is 21.1. The van der Waals surface area contributed by atoms with Crippen molar-refractivity contribution in [2.45, 2.75) is 44.2 Å². The van der Waals surface area contributed by atoms with Gasteiger partial charge in [-0.25, -0.2) is 0 Å². The average molecular weight is 269 g/mol. The Morgan fingerprint density at radius 3 is 2.94 bits per heavy atom. The van der Waals surface area contributed by atoms with Crippen molar-refractivity contribution in [3.63, 3.8) is 0 Å². The maximum absolute atomic E-state index is 6.18. The van der Waals surface area contributed by atoms with Crippen LogP contribution >= 0.6 is 11.6 Å². The Morgan fingerprint density at radius 2 is 2.28 bits per heavy atom. The minimum Gasteiger partial charge on any atom is -0.378 e. The molecule has 3 N–H and O–H groups in total. The second-order valence-corrected chi connectivity index (χ2v) is 5.21. The number of hydrazine groups is 1. The highest BCUT2D eigenvalue weighted by molar-refractivity contribution is 6.31. The third kappa shape index (κ3) is 3.69. The van der Waals surface area contributed by atoms with Crippen LogP contribution in [0.2, 0.25) is 5.02 Å². The van der Waals surface area contributed by atoms with E-state index in [-0.39, 0.29) is 6.04 Å². The van der Waals surface area contributed by atoms with E-state index >= 15 is 0 Å². The SMILES string of the molecule is NNC(CCCC1CCCO1)c1ccccc1Cl. The molecule has 3 nitrogen and oxygen atoms in total. The third-order valence-corrected chi connectivity index (χ3v) is 3.87. The van der Waals surface area contributed by atoms with Crippen LogP contribution in [0.4, 0.5) is 0 Å². The highest BCUT2D eigenvalue weighted by Gasteiger charge is 2.17. The smallest absolute Gasteiger partial charge is 0.0576 e. The van der Waals surface area contributed by atoms with Gasteiger partial charge in [0.25, 0.3) is 0 Å². The molecule has 1 aliphatic heterocycles. The van der Waals surface area contributed by atoms with Gasteiger partial charge in [0, 0.05) is 17.7 Å². The van der Waals surface area contributed by atoms with Crippen molar-refractivity contribution in [1.82, 2.24) is 5.43 Å². The molecule has 1 aromatic carbocycles. The first-order valence-electron chi connectivity index (χ1n) is 6.63. The largest absolute Gasteiger partial charge is 0.378 e. The first kappa shape index (κ1) is 13.8. The summed E-state index contributed by atoms with van der Waals surface area (Å²) in [5.74, 6) is 5.63. The van der Waals surface area contributed by atoms with Crippen molar-refractivity contribution in [2.24, 2.45) is 5.84 Å². The lowest BCUT2D eigenvalue weighted by Crippen LogP contribution is -2.28. The summed E-state index contributed by atoms with van der Waals surface area (Å²) in [7, 11) is 0. The molecule has 18 heavy (non-hydrogen) atoms. The van der Waals surface area contributed by atoms with Gasteiger partial charge in [0.1, 0.15) is 0 Å². The molecule has 1 aromatic rings. The third-order valence-electron chi connectivity index (χ3n) is 3.52. The number of nitrogens with one attached hydrogen (secondary N) is 1. The summed E-state index contributed by atoms with van der Waals surface area (Å²) in [5.41, 5.74) is 3.94. The van der Waals surface area contributed by atoms with Crippen LogP contribution in [-0.4, -0.2) is 12.7 Å². The lowest BCUT2D eigenvalue weighted by atomic mass is 10.00. The summed E-state index contributed by atoms with van der Waals surface area (Å²) in [6.07, 6.45) is 6.06. The fraction of sp³-hybridized carbons (Fsp3) is 0.571. The van der Waals surface area contributed by atoms with Crippen LogP contribution < -0.4 is 11.3 Å². The predicted molar refractivity (Wildman–Crippen MR) is 74.3 cm³/mol. The summed E-state index contributed by atoms with van der Waals surface area (Å²) >= 11 is 6.18. The number of rotatable bonds is 6. The molecule has 1 saturated heterocycles. The quantitative estimate of drug-likeness (QED) is 0.615. The van der Waals surface area contributed by atoms with Gasteiger partial charge in [-0.1, -0.05) is 29.8 Å². The van der Waals surface area contributed by atoms with Gasteiger partial charge < -0.3 is 4.74 Å². The van der Waals surface area contributed by atoms with Crippen molar-refractivity contribution in [1.29, 1.82) is 0 Å². The van der Waals surface area contributed by atoms with Gasteiger partial charge in [-0.3, -0.25) is 11.3 Å². The number of benzene rings is 1. The standard InChI is InChI=1S/C14H21ClN2O/c15-13-8-2-1-7-12(13)14(17-16)9-3-5-11-6-4-10-18-11/h1-2,7-8,11,14,17H,3-6,9-10,16H2. The van der Waals surface area contributed by atoms with Gasteiger partial charge in [-0.05, 0) is 43.7 Å². The molecule has 4 heteroatoms. The highest BCUT2D eigenvalue weighted by Crippen LogP contribution is 2.27. The maximum atomic E-state index is 6.18. The first-order valence-corrected chi connectivity index (χ1v) is 7.01. The summed E-state index contributed by atoms with van der Waals surface area (Å²) in [4.78, 5) is 0. The van der Waals surface area contributed by atoms with Crippen LogP contribution in [0.25, 0.3) is 0 Å². The van der Waals surface area contributed by atoms with Crippen LogP contribution in [0.15, 0.2) is 24.3 Å². The topological polar surface area (TPSA) is 47.3 Å². The van der Waals surface area contributed by atoms with Crippen molar-refractivity contribution in [3.8, 4) is 0 Å². The molecule has 1 heterocycles. The predicted octanol–water partition coefficient (Wildman–Crippen LogP) is 3.19. The van der Waals surface area contributed by atoms with Gasteiger partial charge in [0.2, 0.25) is 0 Å². The molecule has 100 valence electrons. The van der Waals surface area contributed by atoms with Gasteiger partial charge in [0.15, 0.2) is 0 Å². The zero-order valence-electron chi connectivity index (χ0n) is 10.6. The van der Waals surface area contributed by atoms with E-state index in [1.807, 2.05) is 24.3 Å². The fourth-order valence-electron chi connectivity index (χ4n) is 2.51. The van der Waals surface area contributed by atoms with Crippen molar-refractivity contribution < 1.29 is 4.74 Å². The number of hydrogen-bond acceptors (Lipinski definition) is 3. The number of ether oxygens (including phenoxy) is 1. The van der Waals surface area contributed by atoms with E-state index in [1.54, 1.807) is 0 Å². The Bertz CT molecular complexity index is 367. The molecule has 0 spiro atoms. The molecular weight excluding hydrogens is 248 g/mol. The molecule has 0 amide bonds. The lowest BCUT2D eigenvalue weighted by molar-refractivity contribution is 0.101. The van der Waals surface area contributed by atoms with Crippen molar-refractivity contribution in [2.75, 3.05) is 6.61 Å². The van der Waals surface area contributed by atoms with E-state index < -0.39 is 0 Å². The molecule has 1 aliphatic rings. The highest BCUT2D eigenvalue weighted by atomic mass is 35.5. The molecule has 2 rings (SSSR count). The summed E-state index contributed by atoms with van der Waals surface area (Å²) in [6, 6.07) is 7.98. The van der Waals surface area contributed by atoms with E-state index in [2.05, 4.69) is 5.43 Å². The van der Waals surface area contributed by atoms with E-state index in [9.17, 15) is 0 Å². The Kier molecular flexibility index (Phi) is 5.45. The number of hydrogen-bond donors (Lipinski definition) is 2. The molecule has 0 radical (unpaired) electrons. The van der Waals surface area contributed by atoms with Gasteiger partial charge in [-0.15, -0.1) is 0 Å². The number of halogens is 1. The Labute approximate surface area is 114 Å². The lowest BCUT2D eigenvalue weighted by Gasteiger charge is -2.18. The molecule has 0 aliphatic carbocycles. The van der Waals surface area contributed by atoms with Crippen LogP contribution in [0.5, 0.6) is 0 Å². The minimum atomic E-state index is 0.125.